The van der Waals surface area contributed by atoms with Crippen molar-refractivity contribution < 1.29 is 8.83 Å². The average molecular weight is 1200 g/mol. The summed E-state index contributed by atoms with van der Waals surface area (Å²) in [5.41, 5.74) is 26.5. The van der Waals surface area contributed by atoms with Crippen LogP contribution in [0.1, 0.15) is 62.8 Å². The van der Waals surface area contributed by atoms with Gasteiger partial charge in [-0.15, -0.1) is 0 Å². The van der Waals surface area contributed by atoms with Gasteiger partial charge in [0.25, 0.3) is 0 Å². The second-order valence-electron chi connectivity index (χ2n) is 27.0. The first-order valence-electron chi connectivity index (χ1n) is 32.6. The zero-order valence-electron chi connectivity index (χ0n) is 52.9. The Kier molecular flexibility index (Phi) is 11.3. The summed E-state index contributed by atoms with van der Waals surface area (Å²) in [7, 11) is 0. The molecule has 19 aromatic rings. The molecular formula is C87H64N4O2. The summed E-state index contributed by atoms with van der Waals surface area (Å²) in [4.78, 5) is 4.84. The smallest absolute Gasteiger partial charge is 0.159 e. The zero-order chi connectivity index (χ0) is 62.3. The van der Waals surface area contributed by atoms with E-state index in [2.05, 4.69) is 322 Å². The highest BCUT2D eigenvalue weighted by Crippen LogP contribution is 2.56. The molecule has 93 heavy (non-hydrogen) atoms. The fraction of sp³-hybridized carbons (Fsp3) is 0.103. The zero-order valence-corrected chi connectivity index (χ0v) is 52.9. The van der Waals surface area contributed by atoms with E-state index < -0.39 is 0 Å². The van der Waals surface area contributed by atoms with E-state index in [9.17, 15) is 0 Å². The average Bonchev–Trinajstić information content (AvgIpc) is 1.49. The lowest BCUT2D eigenvalue weighted by Gasteiger charge is -2.27. The molecular weight excluding hydrogens is 1130 g/mol. The van der Waals surface area contributed by atoms with Gasteiger partial charge in [0.1, 0.15) is 11.2 Å². The van der Waals surface area contributed by atoms with Crippen LogP contribution in [0.2, 0.25) is 0 Å². The van der Waals surface area contributed by atoms with Crippen LogP contribution in [0.25, 0.3) is 142 Å². The molecule has 0 aliphatic heterocycles. The number of para-hydroxylation sites is 6. The van der Waals surface area contributed by atoms with Crippen LogP contribution in [0.5, 0.6) is 0 Å². The summed E-state index contributed by atoms with van der Waals surface area (Å²) in [6.45, 7) is 15.7. The fourth-order valence-electron chi connectivity index (χ4n) is 16.2. The predicted molar refractivity (Wildman–Crippen MR) is 393 cm³/mol. The monoisotopic (exact) mass is 1200 g/mol. The Morgan fingerprint density at radius 2 is 0.731 bits per heavy atom. The summed E-state index contributed by atoms with van der Waals surface area (Å²) >= 11 is 0. The van der Waals surface area contributed by atoms with Gasteiger partial charge in [-0.25, -0.2) is 0 Å². The van der Waals surface area contributed by atoms with Crippen molar-refractivity contribution in [2.45, 2.75) is 59.8 Å². The maximum atomic E-state index is 7.20. The Labute approximate surface area is 537 Å². The van der Waals surface area contributed by atoms with Crippen molar-refractivity contribution in [3.05, 3.63) is 277 Å². The molecule has 0 aliphatic rings. The van der Waals surface area contributed by atoms with Crippen molar-refractivity contribution in [1.29, 1.82) is 0 Å². The summed E-state index contributed by atoms with van der Waals surface area (Å²) in [5.74, 6) is 0.306. The first-order chi connectivity index (χ1) is 45.5. The second kappa shape index (κ2) is 19.6. The number of aryl methyl sites for hydroxylation is 2. The van der Waals surface area contributed by atoms with Gasteiger partial charge in [-0.05, 0) is 114 Å². The van der Waals surface area contributed by atoms with Crippen LogP contribution < -0.4 is 9.80 Å². The van der Waals surface area contributed by atoms with E-state index in [0.717, 1.165) is 100 Å². The van der Waals surface area contributed by atoms with Gasteiger partial charge >= 0.3 is 0 Å². The molecule has 6 nitrogen and oxygen atoms in total. The van der Waals surface area contributed by atoms with Crippen molar-refractivity contribution in [3.8, 4) is 22.3 Å². The Bertz CT molecular complexity index is 6260. The lowest BCUT2D eigenvalue weighted by molar-refractivity contribution is 0.573. The Balaban J connectivity index is 0.894. The molecule has 13 aromatic carbocycles. The third-order valence-corrected chi connectivity index (χ3v) is 20.2. The SMILES string of the molecule is Cc1ccc2c(oc3c(C(C)C)cccc32)c1N(c1ccccc1)c1ccc2c(c1)c1cccc3c4c(-c5ccccc5)c5c(c(-c6ccccc6)c4n2c13)c1cccc2c3cc(N(c4ccccc4)c4c(C)ccc6c4oc4c(C(C)(C)C)cccc46)ccc3n5c21. The third-order valence-electron chi connectivity index (χ3n) is 20.2. The van der Waals surface area contributed by atoms with Crippen molar-refractivity contribution in [2.24, 2.45) is 0 Å². The molecule has 6 heterocycles. The lowest BCUT2D eigenvalue weighted by atomic mass is 9.86. The van der Waals surface area contributed by atoms with Crippen molar-refractivity contribution in [3.63, 3.8) is 0 Å². The molecule has 0 bridgehead atoms. The van der Waals surface area contributed by atoms with E-state index in [4.69, 9.17) is 8.83 Å². The number of hydrogen-bond donors (Lipinski definition) is 0. The molecule has 0 unspecified atom stereocenters. The fourth-order valence-corrected chi connectivity index (χ4v) is 16.2. The van der Waals surface area contributed by atoms with E-state index in [-0.39, 0.29) is 5.41 Å². The standard InChI is InChI=1S/C87H64N4O2/c1-50(2)59-32-20-35-62-64-44-40-51(3)77(85(64)92-83(59)62)88(55-28-16-10-17-29-55)57-42-46-71-68(48-57)60-33-21-37-66-75-74(54-26-14-9-15-27-54)82-76(73(53-24-12-8-13-25-53)81(75)90(71)79(60)66)67-38-22-34-61-69-49-58(43-47-72(69)91(82)80(61)67)89(56-30-18-11-19-31-56)78-52(4)41-45-65-63-36-23-39-70(87(5,6)7)84(63)93-86(65)78/h8-50H,1-7H3. The van der Waals surface area contributed by atoms with E-state index in [1.807, 2.05) is 0 Å². The Morgan fingerprint density at radius 1 is 0.333 bits per heavy atom. The minimum Gasteiger partial charge on any atom is -0.454 e. The van der Waals surface area contributed by atoms with E-state index in [1.54, 1.807) is 0 Å². The quantitative estimate of drug-likeness (QED) is 0.144. The number of furan rings is 2. The molecule has 0 spiro atoms. The highest BCUT2D eigenvalue weighted by atomic mass is 16.3. The van der Waals surface area contributed by atoms with Crippen LogP contribution in [0.15, 0.2) is 264 Å². The molecule has 444 valence electrons. The predicted octanol–water partition coefficient (Wildman–Crippen LogP) is 25.1. The third kappa shape index (κ3) is 7.46. The molecule has 0 atom stereocenters. The number of rotatable bonds is 9. The molecule has 6 aromatic heterocycles. The topological polar surface area (TPSA) is 41.6 Å². The first kappa shape index (κ1) is 53.5. The molecule has 0 fully saturated rings. The summed E-state index contributed by atoms with van der Waals surface area (Å²) in [6.07, 6.45) is 0. The van der Waals surface area contributed by atoms with Crippen LogP contribution in [-0.2, 0) is 5.41 Å². The molecule has 0 amide bonds. The van der Waals surface area contributed by atoms with Gasteiger partial charge < -0.3 is 27.4 Å². The molecule has 0 radical (unpaired) electrons. The van der Waals surface area contributed by atoms with Crippen LogP contribution in [0.3, 0.4) is 0 Å². The number of nitrogens with zero attached hydrogens (tertiary/aromatic N) is 4. The maximum absolute atomic E-state index is 7.20. The highest BCUT2D eigenvalue weighted by Gasteiger charge is 2.33. The summed E-state index contributed by atoms with van der Waals surface area (Å²) in [5, 5.41) is 14.2. The summed E-state index contributed by atoms with van der Waals surface area (Å²) in [6, 6.07) is 94.4. The number of hydrogen-bond acceptors (Lipinski definition) is 4. The van der Waals surface area contributed by atoms with Crippen LogP contribution in [0, 0.1) is 13.8 Å². The first-order valence-corrected chi connectivity index (χ1v) is 32.6. The minimum atomic E-state index is -0.109. The van der Waals surface area contributed by atoms with Gasteiger partial charge in [0.2, 0.25) is 0 Å². The van der Waals surface area contributed by atoms with Crippen LogP contribution >= 0.6 is 0 Å². The van der Waals surface area contributed by atoms with Gasteiger partial charge in [0.05, 0.1) is 44.5 Å². The molecule has 19 rings (SSSR count). The normalized spacial score (nSPS) is 12.6. The molecule has 0 saturated heterocycles. The number of benzene rings is 13. The molecule has 0 N–H and O–H groups in total. The molecule has 0 saturated carbocycles. The van der Waals surface area contributed by atoms with E-state index in [1.165, 1.54) is 98.5 Å². The second-order valence-corrected chi connectivity index (χ2v) is 27.0. The van der Waals surface area contributed by atoms with E-state index in [0.29, 0.717) is 5.92 Å². The number of fused-ring (bicyclic) bond motifs is 18. The minimum absolute atomic E-state index is 0.109. The Morgan fingerprint density at radius 3 is 1.19 bits per heavy atom. The highest BCUT2D eigenvalue weighted by molar-refractivity contribution is 6.38. The lowest BCUT2D eigenvalue weighted by Crippen LogP contribution is -2.11. The van der Waals surface area contributed by atoms with Crippen molar-refractivity contribution in [2.75, 3.05) is 9.80 Å². The van der Waals surface area contributed by atoms with Gasteiger partial charge in [-0.2, -0.15) is 0 Å². The number of anilines is 6. The van der Waals surface area contributed by atoms with Crippen LogP contribution in [-0.4, -0.2) is 8.80 Å². The van der Waals surface area contributed by atoms with Gasteiger partial charge in [-0.3, -0.25) is 0 Å². The molecule has 6 heteroatoms. The number of aromatic nitrogens is 2. The van der Waals surface area contributed by atoms with Gasteiger partial charge in [0, 0.05) is 104 Å². The van der Waals surface area contributed by atoms with Gasteiger partial charge in [-0.1, -0.05) is 229 Å². The summed E-state index contributed by atoms with van der Waals surface area (Å²) < 4.78 is 19.6. The Hall–Kier alpha value is -11.3. The van der Waals surface area contributed by atoms with E-state index >= 15 is 0 Å². The maximum Gasteiger partial charge on any atom is 0.159 e. The van der Waals surface area contributed by atoms with Gasteiger partial charge in [0.15, 0.2) is 11.2 Å². The largest absolute Gasteiger partial charge is 0.454 e. The van der Waals surface area contributed by atoms with Crippen molar-refractivity contribution in [1.82, 2.24) is 8.80 Å². The van der Waals surface area contributed by atoms with Crippen LogP contribution in [0.4, 0.5) is 34.1 Å². The van der Waals surface area contributed by atoms with Crippen molar-refractivity contribution >= 4 is 154 Å². The molecule has 0 aliphatic carbocycles.